The number of benzene rings is 1. The van der Waals surface area contributed by atoms with E-state index in [1.54, 1.807) is 18.8 Å². The molecule has 2 aromatic rings. The summed E-state index contributed by atoms with van der Waals surface area (Å²) in [6, 6.07) is 5.81. The summed E-state index contributed by atoms with van der Waals surface area (Å²) in [5, 5.41) is 8.21. The number of nitrogens with zero attached hydrogens (tertiary/aromatic N) is 3. The van der Waals surface area contributed by atoms with Crippen molar-refractivity contribution < 1.29 is 9.53 Å². The number of urea groups is 1. The van der Waals surface area contributed by atoms with Gasteiger partial charge in [0.1, 0.15) is 10.9 Å². The summed E-state index contributed by atoms with van der Waals surface area (Å²) >= 11 is 6.27. The highest BCUT2D eigenvalue weighted by Crippen LogP contribution is 2.31. The van der Waals surface area contributed by atoms with E-state index in [1.165, 1.54) is 10.5 Å². The molecule has 6 nitrogen and oxygen atoms in total. The average molecular weight is 429 g/mol. The van der Waals surface area contributed by atoms with Crippen molar-refractivity contribution in [2.75, 3.05) is 20.7 Å². The minimum absolute atomic E-state index is 0.0646. The van der Waals surface area contributed by atoms with Crippen molar-refractivity contribution in [1.82, 2.24) is 20.0 Å². The molecule has 2 atom stereocenters. The lowest BCUT2D eigenvalue weighted by Crippen LogP contribution is -2.46. The van der Waals surface area contributed by atoms with Crippen LogP contribution in [0.25, 0.3) is 11.3 Å². The van der Waals surface area contributed by atoms with E-state index in [-0.39, 0.29) is 18.0 Å². The summed E-state index contributed by atoms with van der Waals surface area (Å²) in [4.78, 5) is 13.7. The summed E-state index contributed by atoms with van der Waals surface area (Å²) in [5.41, 5.74) is 5.04. The van der Waals surface area contributed by atoms with E-state index >= 15 is 0 Å². The molecular formula is C23H29ClN4O2. The molecular weight excluding hydrogens is 400 g/mol. The smallest absolute Gasteiger partial charge is 0.317 e. The first-order valence-electron chi connectivity index (χ1n) is 9.94. The first-order valence-corrected chi connectivity index (χ1v) is 10.3. The standard InChI is InChI=1S/C23H29ClN4O2/c1-14-8-7-9-19(25-23(29)27(4)5)18(14)13-30-20-11-10-17(12-15(20)2)21-16(3)22(24)28(6)26-21/h7-12,18-19H,13H2,1-6H3,(H,25,29). The third-order valence-electron chi connectivity index (χ3n) is 5.46. The number of amides is 2. The second kappa shape index (κ2) is 8.96. The monoisotopic (exact) mass is 428 g/mol. The minimum atomic E-state index is -0.116. The molecule has 0 fully saturated rings. The zero-order chi connectivity index (χ0) is 22.0. The predicted octanol–water partition coefficient (Wildman–Crippen LogP) is 4.51. The van der Waals surface area contributed by atoms with E-state index in [1.807, 2.05) is 45.2 Å². The molecule has 1 heterocycles. The summed E-state index contributed by atoms with van der Waals surface area (Å²) in [6.45, 7) is 6.53. The number of carbonyl (C=O) groups is 1. The van der Waals surface area contributed by atoms with E-state index in [4.69, 9.17) is 16.3 Å². The molecule has 1 aliphatic rings. The number of nitrogens with one attached hydrogen (secondary N) is 1. The third-order valence-corrected chi connectivity index (χ3v) is 5.99. The van der Waals surface area contributed by atoms with Crippen molar-refractivity contribution in [2.24, 2.45) is 13.0 Å². The highest BCUT2D eigenvalue weighted by molar-refractivity contribution is 6.30. The van der Waals surface area contributed by atoms with E-state index in [2.05, 4.69) is 29.5 Å². The van der Waals surface area contributed by atoms with Gasteiger partial charge in [-0.25, -0.2) is 4.79 Å². The van der Waals surface area contributed by atoms with Gasteiger partial charge in [-0.3, -0.25) is 4.68 Å². The number of aryl methyl sites for hydroxylation is 2. The predicted molar refractivity (Wildman–Crippen MR) is 121 cm³/mol. The van der Waals surface area contributed by atoms with Gasteiger partial charge in [0.05, 0.1) is 18.3 Å². The quantitative estimate of drug-likeness (QED) is 0.762. The Balaban J connectivity index is 1.74. The maximum atomic E-state index is 12.1. The maximum Gasteiger partial charge on any atom is 0.317 e. The van der Waals surface area contributed by atoms with Crippen LogP contribution in [0.4, 0.5) is 4.79 Å². The first-order chi connectivity index (χ1) is 14.2. The molecule has 1 aromatic carbocycles. The number of rotatable bonds is 5. The van der Waals surface area contributed by atoms with Gasteiger partial charge in [-0.1, -0.05) is 35.4 Å². The maximum absolute atomic E-state index is 12.1. The molecule has 2 unspecified atom stereocenters. The van der Waals surface area contributed by atoms with Gasteiger partial charge < -0.3 is 15.0 Å². The molecule has 0 radical (unpaired) electrons. The van der Waals surface area contributed by atoms with Crippen LogP contribution in [-0.4, -0.2) is 47.5 Å². The van der Waals surface area contributed by atoms with Gasteiger partial charge in [0.2, 0.25) is 0 Å². The Morgan fingerprint density at radius 1 is 1.30 bits per heavy atom. The molecule has 1 aromatic heterocycles. The molecule has 1 N–H and O–H groups in total. The first kappa shape index (κ1) is 22.0. The zero-order valence-electron chi connectivity index (χ0n) is 18.4. The van der Waals surface area contributed by atoms with Gasteiger partial charge in [0, 0.05) is 38.2 Å². The fourth-order valence-electron chi connectivity index (χ4n) is 3.55. The molecule has 7 heteroatoms. The molecule has 0 bridgehead atoms. The van der Waals surface area contributed by atoms with Crippen LogP contribution in [0.15, 0.2) is 42.0 Å². The largest absolute Gasteiger partial charge is 0.493 e. The van der Waals surface area contributed by atoms with E-state index in [0.717, 1.165) is 28.1 Å². The van der Waals surface area contributed by atoms with Crippen molar-refractivity contribution in [3.05, 3.63) is 58.3 Å². The van der Waals surface area contributed by atoms with Crippen LogP contribution in [0, 0.1) is 19.8 Å². The number of ether oxygens (including phenoxy) is 1. The fraction of sp³-hybridized carbons (Fsp3) is 0.391. The Kier molecular flexibility index (Phi) is 6.56. The van der Waals surface area contributed by atoms with Crippen molar-refractivity contribution in [1.29, 1.82) is 0 Å². The van der Waals surface area contributed by atoms with Gasteiger partial charge >= 0.3 is 6.03 Å². The van der Waals surface area contributed by atoms with Crippen LogP contribution in [0.1, 0.15) is 18.1 Å². The van der Waals surface area contributed by atoms with E-state index in [0.29, 0.717) is 11.8 Å². The lowest BCUT2D eigenvalue weighted by atomic mass is 9.89. The van der Waals surface area contributed by atoms with Crippen molar-refractivity contribution >= 4 is 17.6 Å². The van der Waals surface area contributed by atoms with Crippen molar-refractivity contribution in [2.45, 2.75) is 26.8 Å². The average Bonchev–Trinajstić information content (AvgIpc) is 2.95. The Morgan fingerprint density at radius 3 is 2.63 bits per heavy atom. The summed E-state index contributed by atoms with van der Waals surface area (Å²) in [6.07, 6.45) is 6.05. The van der Waals surface area contributed by atoms with Gasteiger partial charge in [0.25, 0.3) is 0 Å². The lowest BCUT2D eigenvalue weighted by Gasteiger charge is -2.30. The van der Waals surface area contributed by atoms with Crippen LogP contribution in [0.2, 0.25) is 5.15 Å². The molecule has 0 saturated carbocycles. The van der Waals surface area contributed by atoms with Crippen molar-refractivity contribution in [3.8, 4) is 17.0 Å². The number of hydrogen-bond donors (Lipinski definition) is 1. The zero-order valence-corrected chi connectivity index (χ0v) is 19.1. The minimum Gasteiger partial charge on any atom is -0.493 e. The topological polar surface area (TPSA) is 59.4 Å². The van der Waals surface area contributed by atoms with Crippen molar-refractivity contribution in [3.63, 3.8) is 0 Å². The fourth-order valence-corrected chi connectivity index (χ4v) is 3.67. The molecule has 0 saturated heterocycles. The van der Waals surface area contributed by atoms with Gasteiger partial charge in [0.15, 0.2) is 0 Å². The highest BCUT2D eigenvalue weighted by Gasteiger charge is 2.26. The summed E-state index contributed by atoms with van der Waals surface area (Å²) < 4.78 is 7.86. The summed E-state index contributed by atoms with van der Waals surface area (Å²) in [7, 11) is 5.30. The Morgan fingerprint density at radius 2 is 2.03 bits per heavy atom. The van der Waals surface area contributed by atoms with Crippen LogP contribution in [-0.2, 0) is 7.05 Å². The van der Waals surface area contributed by atoms with Crippen LogP contribution < -0.4 is 10.1 Å². The number of aromatic nitrogens is 2. The normalized spacial score (nSPS) is 18.2. The van der Waals surface area contributed by atoms with Crippen LogP contribution in [0.5, 0.6) is 5.75 Å². The van der Waals surface area contributed by atoms with E-state index in [9.17, 15) is 4.79 Å². The summed E-state index contributed by atoms with van der Waals surface area (Å²) in [5.74, 6) is 0.883. The molecule has 3 rings (SSSR count). The molecule has 0 aliphatic heterocycles. The number of hydrogen-bond acceptors (Lipinski definition) is 3. The lowest BCUT2D eigenvalue weighted by molar-refractivity contribution is 0.203. The van der Waals surface area contributed by atoms with Gasteiger partial charge in [-0.2, -0.15) is 5.10 Å². The second-order valence-corrected chi connectivity index (χ2v) is 8.31. The Labute approximate surface area is 183 Å². The SMILES string of the molecule is CC1=CC=CC(NC(=O)N(C)C)C1COc1ccc(-c2nn(C)c(Cl)c2C)cc1C. The van der Waals surface area contributed by atoms with Crippen LogP contribution in [0.3, 0.4) is 0 Å². The Bertz CT molecular complexity index is 1010. The number of halogens is 1. The molecule has 160 valence electrons. The molecule has 0 spiro atoms. The number of allylic oxidation sites excluding steroid dienone is 2. The highest BCUT2D eigenvalue weighted by atomic mass is 35.5. The molecule has 2 amide bonds. The Hall–Kier alpha value is -2.73. The molecule has 30 heavy (non-hydrogen) atoms. The molecule has 1 aliphatic carbocycles. The third kappa shape index (κ3) is 4.54. The van der Waals surface area contributed by atoms with Gasteiger partial charge in [-0.15, -0.1) is 0 Å². The van der Waals surface area contributed by atoms with Gasteiger partial charge in [-0.05, 0) is 44.5 Å². The second-order valence-electron chi connectivity index (χ2n) is 7.95. The number of carbonyl (C=O) groups excluding carboxylic acids is 1. The van der Waals surface area contributed by atoms with Crippen LogP contribution >= 0.6 is 11.6 Å². The van der Waals surface area contributed by atoms with E-state index < -0.39 is 0 Å².